The fraction of sp³-hybridized carbons (Fsp3) is 0.273. The molecule has 0 radical (unpaired) electrons. The van der Waals surface area contributed by atoms with Crippen LogP contribution in [-0.2, 0) is 11.4 Å². The van der Waals surface area contributed by atoms with Crippen molar-refractivity contribution >= 4 is 29.3 Å². The number of rotatable bonds is 8. The molecule has 1 saturated heterocycles. The van der Waals surface area contributed by atoms with Crippen LogP contribution in [0, 0.1) is 0 Å². The molecule has 6 heteroatoms. The van der Waals surface area contributed by atoms with Crippen molar-refractivity contribution < 1.29 is 14.3 Å². The molecule has 146 valence electrons. The molecule has 0 spiro atoms. The maximum atomic E-state index is 12.5. The van der Waals surface area contributed by atoms with Crippen molar-refractivity contribution in [1.29, 1.82) is 0 Å². The average molecular weight is 397 g/mol. The number of hydrogen-bond donors (Lipinski definition) is 1. The van der Waals surface area contributed by atoms with Gasteiger partial charge in [-0.2, -0.15) is 0 Å². The molecule has 1 amide bonds. The predicted octanol–water partition coefficient (Wildman–Crippen LogP) is 4.13. The Balaban J connectivity index is 1.78. The van der Waals surface area contributed by atoms with Gasteiger partial charge in [0.15, 0.2) is 16.6 Å². The highest BCUT2D eigenvalue weighted by Crippen LogP contribution is 2.30. The van der Waals surface area contributed by atoms with Crippen molar-refractivity contribution in [2.24, 2.45) is 0 Å². The van der Waals surface area contributed by atoms with E-state index in [-0.39, 0.29) is 5.91 Å². The Bertz CT molecular complexity index is 881. The van der Waals surface area contributed by atoms with Gasteiger partial charge in [0.1, 0.15) is 12.3 Å². The van der Waals surface area contributed by atoms with Gasteiger partial charge in [-0.05, 0) is 54.9 Å². The quantitative estimate of drug-likeness (QED) is 0.537. The van der Waals surface area contributed by atoms with E-state index in [1.165, 1.54) is 0 Å². The van der Waals surface area contributed by atoms with E-state index in [9.17, 15) is 4.79 Å². The lowest BCUT2D eigenvalue weighted by molar-refractivity contribution is -0.122. The minimum absolute atomic E-state index is 0.103. The SMILES string of the molecule is CCCN1C(=O)C(=Cc2ccc(OCc3ccccc3)c(OCC)c2)NC1=S. The van der Waals surface area contributed by atoms with E-state index in [0.29, 0.717) is 42.1 Å². The molecular formula is C22H24N2O3S. The Kier molecular flexibility index (Phi) is 6.66. The Morgan fingerprint density at radius 2 is 1.86 bits per heavy atom. The first-order chi connectivity index (χ1) is 13.6. The highest BCUT2D eigenvalue weighted by atomic mass is 32.1. The van der Waals surface area contributed by atoms with E-state index in [4.69, 9.17) is 21.7 Å². The second-order valence-electron chi connectivity index (χ2n) is 6.36. The van der Waals surface area contributed by atoms with Crippen LogP contribution >= 0.6 is 12.2 Å². The molecule has 1 fully saturated rings. The second kappa shape index (κ2) is 9.37. The number of ether oxygens (including phenoxy) is 2. The number of nitrogens with zero attached hydrogens (tertiary/aromatic N) is 1. The van der Waals surface area contributed by atoms with Gasteiger partial charge in [-0.15, -0.1) is 0 Å². The van der Waals surface area contributed by atoms with Crippen LogP contribution in [0.4, 0.5) is 0 Å². The summed E-state index contributed by atoms with van der Waals surface area (Å²) >= 11 is 5.25. The number of nitrogens with one attached hydrogen (secondary N) is 1. The normalized spacial score (nSPS) is 15.1. The number of carbonyl (C=O) groups is 1. The van der Waals surface area contributed by atoms with Crippen LogP contribution in [0.25, 0.3) is 6.08 Å². The summed E-state index contributed by atoms with van der Waals surface area (Å²) in [4.78, 5) is 14.1. The molecule has 1 heterocycles. The molecule has 0 unspecified atom stereocenters. The second-order valence-corrected chi connectivity index (χ2v) is 6.75. The molecule has 0 saturated carbocycles. The lowest BCUT2D eigenvalue weighted by Gasteiger charge is -2.13. The molecule has 0 aliphatic carbocycles. The summed E-state index contributed by atoms with van der Waals surface area (Å²) in [5.41, 5.74) is 2.40. The Morgan fingerprint density at radius 1 is 1.07 bits per heavy atom. The van der Waals surface area contributed by atoms with Crippen LogP contribution in [0.5, 0.6) is 11.5 Å². The topological polar surface area (TPSA) is 50.8 Å². The standard InChI is InChI=1S/C22H24N2O3S/c1-3-12-24-21(25)18(23-22(24)28)13-17-10-11-19(20(14-17)26-4-2)27-15-16-8-6-5-7-9-16/h5-11,13-14H,3-4,12,15H2,1-2H3,(H,23,28). The van der Waals surface area contributed by atoms with Crippen LogP contribution in [-0.4, -0.2) is 29.1 Å². The van der Waals surface area contributed by atoms with Gasteiger partial charge in [-0.3, -0.25) is 9.69 Å². The molecule has 5 nitrogen and oxygen atoms in total. The van der Waals surface area contributed by atoms with Crippen molar-refractivity contribution in [3.63, 3.8) is 0 Å². The molecule has 1 N–H and O–H groups in total. The number of benzene rings is 2. The summed E-state index contributed by atoms with van der Waals surface area (Å²) in [6.07, 6.45) is 2.64. The zero-order chi connectivity index (χ0) is 19.9. The van der Waals surface area contributed by atoms with Crippen molar-refractivity contribution in [2.45, 2.75) is 26.9 Å². The van der Waals surface area contributed by atoms with Gasteiger partial charge in [0.05, 0.1) is 6.61 Å². The van der Waals surface area contributed by atoms with Gasteiger partial charge in [-0.1, -0.05) is 43.3 Å². The van der Waals surface area contributed by atoms with Gasteiger partial charge < -0.3 is 14.8 Å². The third-order valence-corrected chi connectivity index (χ3v) is 4.55. The molecular weight excluding hydrogens is 372 g/mol. The zero-order valence-corrected chi connectivity index (χ0v) is 16.9. The number of amides is 1. The van der Waals surface area contributed by atoms with Crippen molar-refractivity contribution in [2.75, 3.05) is 13.2 Å². The molecule has 1 aliphatic heterocycles. The van der Waals surface area contributed by atoms with E-state index in [2.05, 4.69) is 5.32 Å². The smallest absolute Gasteiger partial charge is 0.276 e. The third-order valence-electron chi connectivity index (χ3n) is 4.23. The van der Waals surface area contributed by atoms with Crippen LogP contribution in [0.1, 0.15) is 31.4 Å². The molecule has 0 bridgehead atoms. The fourth-order valence-corrected chi connectivity index (χ4v) is 3.19. The van der Waals surface area contributed by atoms with E-state index in [1.54, 1.807) is 11.0 Å². The minimum Gasteiger partial charge on any atom is -0.490 e. The van der Waals surface area contributed by atoms with Crippen molar-refractivity contribution in [3.8, 4) is 11.5 Å². The maximum Gasteiger partial charge on any atom is 0.276 e. The summed E-state index contributed by atoms with van der Waals surface area (Å²) in [7, 11) is 0. The number of thiocarbonyl (C=S) groups is 1. The van der Waals surface area contributed by atoms with Gasteiger partial charge in [0, 0.05) is 6.54 Å². The minimum atomic E-state index is -0.103. The van der Waals surface area contributed by atoms with Gasteiger partial charge in [-0.25, -0.2) is 0 Å². The lowest BCUT2D eigenvalue weighted by Crippen LogP contribution is -2.31. The van der Waals surface area contributed by atoms with Crippen LogP contribution in [0.3, 0.4) is 0 Å². The zero-order valence-electron chi connectivity index (χ0n) is 16.1. The first-order valence-corrected chi connectivity index (χ1v) is 9.81. The summed E-state index contributed by atoms with van der Waals surface area (Å²) in [6, 6.07) is 15.6. The van der Waals surface area contributed by atoms with Crippen LogP contribution in [0.2, 0.25) is 0 Å². The number of hydrogen-bond acceptors (Lipinski definition) is 4. The van der Waals surface area contributed by atoms with Crippen molar-refractivity contribution in [1.82, 2.24) is 10.2 Å². The van der Waals surface area contributed by atoms with Gasteiger partial charge >= 0.3 is 0 Å². The number of carbonyl (C=O) groups excluding carboxylic acids is 1. The van der Waals surface area contributed by atoms with E-state index in [1.807, 2.05) is 62.4 Å². The maximum absolute atomic E-state index is 12.5. The monoisotopic (exact) mass is 396 g/mol. The largest absolute Gasteiger partial charge is 0.490 e. The Labute approximate surface area is 170 Å². The van der Waals surface area contributed by atoms with E-state index >= 15 is 0 Å². The summed E-state index contributed by atoms with van der Waals surface area (Å²) in [5, 5.41) is 3.45. The first-order valence-electron chi connectivity index (χ1n) is 9.40. The van der Waals surface area contributed by atoms with Crippen LogP contribution < -0.4 is 14.8 Å². The molecule has 0 atom stereocenters. The Hall–Kier alpha value is -2.86. The van der Waals surface area contributed by atoms with Crippen molar-refractivity contribution in [3.05, 3.63) is 65.4 Å². The highest BCUT2D eigenvalue weighted by Gasteiger charge is 2.29. The van der Waals surface area contributed by atoms with Crippen LogP contribution in [0.15, 0.2) is 54.2 Å². The fourth-order valence-electron chi connectivity index (χ4n) is 2.90. The Morgan fingerprint density at radius 3 is 2.57 bits per heavy atom. The third kappa shape index (κ3) is 4.70. The summed E-state index contributed by atoms with van der Waals surface area (Å²) in [6.45, 7) is 5.53. The highest BCUT2D eigenvalue weighted by molar-refractivity contribution is 7.80. The molecule has 3 rings (SSSR count). The molecule has 2 aromatic carbocycles. The predicted molar refractivity (Wildman–Crippen MR) is 114 cm³/mol. The lowest BCUT2D eigenvalue weighted by atomic mass is 10.1. The average Bonchev–Trinajstić information content (AvgIpc) is 2.96. The van der Waals surface area contributed by atoms with E-state index in [0.717, 1.165) is 17.5 Å². The molecule has 1 aliphatic rings. The molecule has 2 aromatic rings. The first kappa shape index (κ1) is 19.9. The molecule has 0 aromatic heterocycles. The van der Waals surface area contributed by atoms with Gasteiger partial charge in [0.25, 0.3) is 5.91 Å². The molecule has 28 heavy (non-hydrogen) atoms. The van der Waals surface area contributed by atoms with E-state index < -0.39 is 0 Å². The summed E-state index contributed by atoms with van der Waals surface area (Å²) in [5.74, 6) is 1.21. The van der Waals surface area contributed by atoms with Gasteiger partial charge in [0.2, 0.25) is 0 Å². The summed E-state index contributed by atoms with van der Waals surface area (Å²) < 4.78 is 11.7.